The highest BCUT2D eigenvalue weighted by atomic mass is 32.2. The minimum absolute atomic E-state index is 0.193. The molecule has 1 saturated heterocycles. The number of aliphatic hydroxyl groups excluding tert-OH is 1. The number of nitrogens with zero attached hydrogens (tertiary/aromatic N) is 5. The number of aromatic nitrogens is 3. The van der Waals surface area contributed by atoms with E-state index in [1.54, 1.807) is 13.2 Å². The van der Waals surface area contributed by atoms with Gasteiger partial charge in [0.15, 0.2) is 0 Å². The molecule has 1 aliphatic heterocycles. The van der Waals surface area contributed by atoms with Gasteiger partial charge in [-0.3, -0.25) is 4.31 Å². The highest BCUT2D eigenvalue weighted by Crippen LogP contribution is 2.27. The summed E-state index contributed by atoms with van der Waals surface area (Å²) in [4.78, 5) is 11.5. The Bertz CT molecular complexity index is 1510. The molecule has 194 valence electrons. The van der Waals surface area contributed by atoms with E-state index in [-0.39, 0.29) is 6.10 Å². The molecule has 1 aliphatic rings. The quantitative estimate of drug-likeness (QED) is 0.381. The molecule has 9 nitrogen and oxygen atoms in total. The van der Waals surface area contributed by atoms with E-state index in [2.05, 4.69) is 27.3 Å². The molecule has 0 amide bonds. The Morgan fingerprint density at radius 2 is 1.84 bits per heavy atom. The van der Waals surface area contributed by atoms with Crippen molar-refractivity contribution in [2.75, 3.05) is 40.9 Å². The number of piperidine rings is 1. The predicted molar refractivity (Wildman–Crippen MR) is 148 cm³/mol. The molecule has 5 rings (SSSR count). The van der Waals surface area contributed by atoms with E-state index in [0.29, 0.717) is 18.2 Å². The van der Waals surface area contributed by atoms with E-state index in [4.69, 9.17) is 4.98 Å². The topological polar surface area (TPSA) is 104 Å². The van der Waals surface area contributed by atoms with Gasteiger partial charge in [0.2, 0.25) is 16.0 Å². The van der Waals surface area contributed by atoms with Gasteiger partial charge in [-0.1, -0.05) is 17.7 Å². The van der Waals surface area contributed by atoms with Crippen molar-refractivity contribution in [3.8, 4) is 0 Å². The van der Waals surface area contributed by atoms with Gasteiger partial charge in [0.1, 0.15) is 5.65 Å². The first-order valence-electron chi connectivity index (χ1n) is 12.3. The standard InChI is InChI=1S/C27H32N6O3S/c1-19-4-9-25(31(2)37(3,35)36)21(16-19)18-33-13-10-20-17-28-27(30-26(20)33)29-22-5-7-23(8-6-22)32-14-11-24(34)12-15-32/h4-10,13,16-17,24,34H,11-12,14-15,18H2,1-3H3,(H,28,29,30). The molecular weight excluding hydrogens is 488 g/mol. The largest absolute Gasteiger partial charge is 0.393 e. The fraction of sp³-hybridized carbons (Fsp3) is 0.333. The van der Waals surface area contributed by atoms with Crippen LogP contribution in [0.5, 0.6) is 0 Å². The number of rotatable bonds is 7. The second-order valence-electron chi connectivity index (χ2n) is 9.67. The third kappa shape index (κ3) is 5.55. The Balaban J connectivity index is 1.37. The lowest BCUT2D eigenvalue weighted by Crippen LogP contribution is -2.35. The molecule has 0 atom stereocenters. The Labute approximate surface area is 217 Å². The third-order valence-electron chi connectivity index (χ3n) is 6.87. The molecule has 0 bridgehead atoms. The molecule has 4 aromatic rings. The predicted octanol–water partition coefficient (Wildman–Crippen LogP) is 3.89. The SMILES string of the molecule is Cc1ccc(N(C)S(C)(=O)=O)c(Cn2ccc3cnc(Nc4ccc(N5CCC(O)CC5)cc4)nc32)c1. The van der Waals surface area contributed by atoms with Gasteiger partial charge < -0.3 is 19.9 Å². The third-order valence-corrected chi connectivity index (χ3v) is 8.06. The maximum Gasteiger partial charge on any atom is 0.232 e. The van der Waals surface area contributed by atoms with Crippen molar-refractivity contribution in [1.29, 1.82) is 0 Å². The molecule has 37 heavy (non-hydrogen) atoms. The second kappa shape index (κ2) is 10.0. The monoisotopic (exact) mass is 520 g/mol. The molecule has 0 radical (unpaired) electrons. The Hall–Kier alpha value is -3.63. The van der Waals surface area contributed by atoms with Crippen LogP contribution in [0.1, 0.15) is 24.0 Å². The van der Waals surface area contributed by atoms with E-state index >= 15 is 0 Å². The summed E-state index contributed by atoms with van der Waals surface area (Å²) in [6.07, 6.45) is 6.33. The number of sulfonamides is 1. The number of aliphatic hydroxyl groups is 1. The first-order chi connectivity index (χ1) is 17.7. The number of hydrogen-bond donors (Lipinski definition) is 2. The average Bonchev–Trinajstić information content (AvgIpc) is 3.26. The minimum atomic E-state index is -3.39. The second-order valence-corrected chi connectivity index (χ2v) is 11.7. The van der Waals surface area contributed by atoms with Crippen LogP contribution in [-0.4, -0.2) is 60.6 Å². The molecule has 2 N–H and O–H groups in total. The molecule has 2 aromatic heterocycles. The van der Waals surface area contributed by atoms with Crippen LogP contribution in [0.25, 0.3) is 11.0 Å². The lowest BCUT2D eigenvalue weighted by Gasteiger charge is -2.31. The lowest BCUT2D eigenvalue weighted by molar-refractivity contribution is 0.145. The fourth-order valence-corrected chi connectivity index (χ4v) is 5.21. The van der Waals surface area contributed by atoms with Gasteiger partial charge in [-0.05, 0) is 61.7 Å². The molecular formula is C27H32N6O3S. The van der Waals surface area contributed by atoms with Crippen LogP contribution in [0, 0.1) is 6.92 Å². The summed E-state index contributed by atoms with van der Waals surface area (Å²) in [5.41, 5.74) is 5.36. The Morgan fingerprint density at radius 1 is 1.11 bits per heavy atom. The van der Waals surface area contributed by atoms with Gasteiger partial charge in [0.05, 0.1) is 24.6 Å². The first-order valence-corrected chi connectivity index (χ1v) is 14.2. The summed E-state index contributed by atoms with van der Waals surface area (Å²) in [5.74, 6) is 0.485. The summed E-state index contributed by atoms with van der Waals surface area (Å²) >= 11 is 0. The van der Waals surface area contributed by atoms with Gasteiger partial charge in [0.25, 0.3) is 0 Å². The van der Waals surface area contributed by atoms with Crippen molar-refractivity contribution in [2.45, 2.75) is 32.4 Å². The van der Waals surface area contributed by atoms with Crippen LogP contribution in [0.15, 0.2) is 60.9 Å². The Kier molecular flexibility index (Phi) is 6.78. The van der Waals surface area contributed by atoms with Gasteiger partial charge in [-0.25, -0.2) is 13.4 Å². The summed E-state index contributed by atoms with van der Waals surface area (Å²) in [6, 6.07) is 15.9. The maximum absolute atomic E-state index is 12.2. The van der Waals surface area contributed by atoms with Crippen LogP contribution in [0.4, 0.5) is 23.0 Å². The number of anilines is 4. The van der Waals surface area contributed by atoms with Crippen molar-refractivity contribution in [1.82, 2.24) is 14.5 Å². The number of benzene rings is 2. The molecule has 0 saturated carbocycles. The fourth-order valence-electron chi connectivity index (χ4n) is 4.68. The molecule has 1 fully saturated rings. The molecule has 2 aromatic carbocycles. The lowest BCUT2D eigenvalue weighted by atomic mass is 10.1. The zero-order valence-corrected chi connectivity index (χ0v) is 22.1. The molecule has 10 heteroatoms. The average molecular weight is 521 g/mol. The number of hydrogen-bond acceptors (Lipinski definition) is 7. The molecule has 0 aliphatic carbocycles. The summed E-state index contributed by atoms with van der Waals surface area (Å²) in [7, 11) is -1.82. The van der Waals surface area contributed by atoms with Crippen molar-refractivity contribution in [2.24, 2.45) is 0 Å². The summed E-state index contributed by atoms with van der Waals surface area (Å²) in [5, 5.41) is 13.9. The zero-order chi connectivity index (χ0) is 26.2. The van der Waals surface area contributed by atoms with Crippen LogP contribution < -0.4 is 14.5 Å². The van der Waals surface area contributed by atoms with Crippen molar-refractivity contribution >= 4 is 44.1 Å². The van der Waals surface area contributed by atoms with Gasteiger partial charge in [-0.2, -0.15) is 4.98 Å². The number of nitrogens with one attached hydrogen (secondary N) is 1. The van der Waals surface area contributed by atoms with E-state index in [1.807, 2.05) is 54.1 Å². The summed E-state index contributed by atoms with van der Waals surface area (Å²) < 4.78 is 27.7. The molecule has 0 spiro atoms. The van der Waals surface area contributed by atoms with Crippen LogP contribution in [-0.2, 0) is 16.6 Å². The minimum Gasteiger partial charge on any atom is -0.393 e. The van der Waals surface area contributed by atoms with Crippen molar-refractivity contribution in [3.05, 3.63) is 72.1 Å². The highest BCUT2D eigenvalue weighted by Gasteiger charge is 2.18. The van der Waals surface area contributed by atoms with Crippen molar-refractivity contribution < 1.29 is 13.5 Å². The van der Waals surface area contributed by atoms with E-state index < -0.39 is 10.0 Å². The van der Waals surface area contributed by atoms with Crippen LogP contribution >= 0.6 is 0 Å². The first kappa shape index (κ1) is 25.0. The van der Waals surface area contributed by atoms with Crippen molar-refractivity contribution in [3.63, 3.8) is 0 Å². The molecule has 3 heterocycles. The van der Waals surface area contributed by atoms with Gasteiger partial charge in [0, 0.05) is 49.3 Å². The normalized spacial score (nSPS) is 14.8. The van der Waals surface area contributed by atoms with Crippen LogP contribution in [0.3, 0.4) is 0 Å². The maximum atomic E-state index is 12.2. The van der Waals surface area contributed by atoms with E-state index in [0.717, 1.165) is 59.5 Å². The van der Waals surface area contributed by atoms with E-state index in [9.17, 15) is 13.5 Å². The smallest absolute Gasteiger partial charge is 0.232 e. The van der Waals surface area contributed by atoms with E-state index in [1.165, 1.54) is 10.6 Å². The number of fused-ring (bicyclic) bond motifs is 1. The number of aryl methyl sites for hydroxylation is 1. The van der Waals surface area contributed by atoms with Gasteiger partial charge >= 0.3 is 0 Å². The highest BCUT2D eigenvalue weighted by molar-refractivity contribution is 7.92. The van der Waals surface area contributed by atoms with Crippen LogP contribution in [0.2, 0.25) is 0 Å². The molecule has 0 unspecified atom stereocenters. The van der Waals surface area contributed by atoms with Gasteiger partial charge in [-0.15, -0.1) is 0 Å². The zero-order valence-electron chi connectivity index (χ0n) is 21.3. The summed E-state index contributed by atoms with van der Waals surface area (Å²) in [6.45, 7) is 4.17. The Morgan fingerprint density at radius 3 is 2.54 bits per heavy atom.